The Morgan fingerprint density at radius 2 is 1.46 bits per heavy atom. The van der Waals surface area contributed by atoms with Crippen molar-refractivity contribution in [2.75, 3.05) is 64.4 Å². The van der Waals surface area contributed by atoms with E-state index in [2.05, 4.69) is 31.7 Å². The number of piperazine rings is 1. The second-order valence-electron chi connectivity index (χ2n) is 15.9. The Hall–Kier alpha value is -4.92. The van der Waals surface area contributed by atoms with Gasteiger partial charge in [0.1, 0.15) is 35.3 Å². The number of pyridine rings is 1. The van der Waals surface area contributed by atoms with Gasteiger partial charge in [-0.25, -0.2) is 9.37 Å². The molecule has 5 heterocycles. The first-order valence-corrected chi connectivity index (χ1v) is 20.3. The number of hydrogen-bond donors (Lipinski definition) is 0. The van der Waals surface area contributed by atoms with Crippen LogP contribution in [0.25, 0.3) is 22.2 Å². The van der Waals surface area contributed by atoms with E-state index in [1.54, 1.807) is 14.2 Å². The Labute approximate surface area is 346 Å². The van der Waals surface area contributed by atoms with Gasteiger partial charge in [0.15, 0.2) is 5.82 Å². The number of ether oxygens (including phenoxy) is 3. The fourth-order valence-corrected chi connectivity index (χ4v) is 9.09. The minimum absolute atomic E-state index is 0.0367. The van der Waals surface area contributed by atoms with E-state index in [4.69, 9.17) is 30.8 Å². The molecule has 0 spiro atoms. The number of benzene rings is 3. The molecule has 0 aliphatic carbocycles. The largest absolute Gasteiger partial charge is 0.497 e. The van der Waals surface area contributed by atoms with Gasteiger partial charge in [0, 0.05) is 49.7 Å². The molecule has 3 aliphatic heterocycles. The van der Waals surface area contributed by atoms with Crippen molar-refractivity contribution in [2.45, 2.75) is 70.0 Å². The molecule has 2 bridgehead atoms. The number of halogens is 5. The summed E-state index contributed by atoms with van der Waals surface area (Å²) in [5, 5.41) is 0.0669. The number of alkyl halides is 3. The molecule has 3 saturated heterocycles. The Morgan fingerprint density at radius 3 is 2.00 bits per heavy atom. The molecule has 0 amide bonds. The molecule has 5 aromatic rings. The zero-order valence-electron chi connectivity index (χ0n) is 33.8. The van der Waals surface area contributed by atoms with Crippen LogP contribution in [-0.2, 0) is 19.3 Å². The van der Waals surface area contributed by atoms with E-state index in [1.807, 2.05) is 60.5 Å². The molecule has 59 heavy (non-hydrogen) atoms. The van der Waals surface area contributed by atoms with Gasteiger partial charge >= 0.3 is 12.2 Å². The zero-order chi connectivity index (χ0) is 41.6. The maximum absolute atomic E-state index is 17.5. The molecular formula is C44H48ClF4N7O3. The average Bonchev–Trinajstić information content (AvgIpc) is 3.70. The highest BCUT2D eigenvalue weighted by Crippen LogP contribution is 2.46. The van der Waals surface area contributed by atoms with E-state index < -0.39 is 28.8 Å². The SMILES string of the molecule is COc1ccc(CN(Cc2ccc(OC)cc2)c2cc(C)c(C(F)(F)F)c(-c3c(Cl)cc4c(N5CC6CCC(C5)N6C)nc(OC[C@@H]5CCCN5C)nc4c3F)n2)cc1. The molecule has 15 heteroatoms. The number of likely N-dealkylation sites (tertiary alicyclic amines) is 1. The maximum atomic E-state index is 17.5. The molecule has 3 atom stereocenters. The molecule has 3 aliphatic rings. The highest BCUT2D eigenvalue weighted by molar-refractivity contribution is 6.34. The standard InChI is InChI=1S/C44H48ClF4N7O3/c1-26-19-36(55(21-27-8-14-32(57-4)15-9-27)22-28-10-16-33(58-5)17-11-28)50-41(38(26)44(47,48)49)37-35(45)20-34-40(39(37)46)51-43(59-25-31-7-6-18-53(31)2)52-42(34)56-23-29-12-13-30(24-56)54(29)3/h8-11,14-17,19-20,29-31H,6-7,12-13,18,21-25H2,1-5H3/t29?,30?,31-/m0/s1. The maximum Gasteiger partial charge on any atom is 0.418 e. The molecule has 10 nitrogen and oxygen atoms in total. The molecule has 2 aromatic heterocycles. The first-order chi connectivity index (χ1) is 28.3. The number of fused-ring (bicyclic) bond motifs is 3. The molecule has 0 N–H and O–H groups in total. The van der Waals surface area contributed by atoms with Gasteiger partial charge in [-0.2, -0.15) is 23.1 Å². The number of aromatic nitrogens is 3. The summed E-state index contributed by atoms with van der Waals surface area (Å²) in [6.07, 6.45) is -0.897. The van der Waals surface area contributed by atoms with Gasteiger partial charge in [-0.05, 0) is 106 Å². The molecule has 0 saturated carbocycles. The fraction of sp³-hybridized carbons (Fsp3) is 0.432. The van der Waals surface area contributed by atoms with E-state index in [0.717, 1.165) is 43.4 Å². The summed E-state index contributed by atoms with van der Waals surface area (Å²) >= 11 is 6.97. The number of hydrogen-bond acceptors (Lipinski definition) is 10. The molecule has 2 unspecified atom stereocenters. The van der Waals surface area contributed by atoms with Crippen LogP contribution in [0.15, 0.2) is 60.7 Å². The van der Waals surface area contributed by atoms with E-state index in [0.29, 0.717) is 35.8 Å². The second kappa shape index (κ2) is 16.6. The number of rotatable bonds is 12. The fourth-order valence-electron chi connectivity index (χ4n) is 8.81. The predicted molar refractivity (Wildman–Crippen MR) is 221 cm³/mol. The number of nitrogens with zero attached hydrogens (tertiary/aromatic N) is 7. The molecule has 8 rings (SSSR count). The molecule has 3 fully saturated rings. The second-order valence-corrected chi connectivity index (χ2v) is 16.3. The molecule has 312 valence electrons. The van der Waals surface area contributed by atoms with Gasteiger partial charge in [0.05, 0.1) is 36.1 Å². The quantitative estimate of drug-likeness (QED) is 0.114. The topological polar surface area (TPSA) is 79.3 Å². The summed E-state index contributed by atoms with van der Waals surface area (Å²) in [5.41, 5.74) is -0.804. The van der Waals surface area contributed by atoms with E-state index >= 15 is 17.6 Å². The van der Waals surface area contributed by atoms with Crippen LogP contribution in [0.5, 0.6) is 17.5 Å². The van der Waals surface area contributed by atoms with Crippen molar-refractivity contribution in [1.82, 2.24) is 24.8 Å². The van der Waals surface area contributed by atoms with Crippen LogP contribution < -0.4 is 24.0 Å². The first-order valence-electron chi connectivity index (χ1n) is 19.9. The smallest absolute Gasteiger partial charge is 0.418 e. The first kappa shape index (κ1) is 40.8. The normalized spacial score (nSPS) is 19.8. The number of likely N-dealkylation sites (N-methyl/N-ethyl adjacent to an activating group) is 2. The third-order valence-corrected chi connectivity index (χ3v) is 12.5. The summed E-state index contributed by atoms with van der Waals surface area (Å²) in [4.78, 5) is 22.6. The van der Waals surface area contributed by atoms with Crippen LogP contribution >= 0.6 is 11.6 Å². The lowest BCUT2D eigenvalue weighted by Crippen LogP contribution is -2.52. The lowest BCUT2D eigenvalue weighted by atomic mass is 9.98. The van der Waals surface area contributed by atoms with Crippen molar-refractivity contribution >= 4 is 34.1 Å². The summed E-state index contributed by atoms with van der Waals surface area (Å²) in [6.45, 7) is 4.40. The van der Waals surface area contributed by atoms with Crippen LogP contribution in [0.1, 0.15) is 47.9 Å². The molecule has 0 radical (unpaired) electrons. The lowest BCUT2D eigenvalue weighted by molar-refractivity contribution is -0.137. The highest BCUT2D eigenvalue weighted by atomic mass is 35.5. The summed E-state index contributed by atoms with van der Waals surface area (Å²) in [5.74, 6) is 0.945. The van der Waals surface area contributed by atoms with Crippen molar-refractivity contribution in [3.8, 4) is 28.8 Å². The van der Waals surface area contributed by atoms with Gasteiger partial charge in [0.25, 0.3) is 0 Å². The Balaban J connectivity index is 1.27. The van der Waals surface area contributed by atoms with Crippen molar-refractivity contribution in [3.63, 3.8) is 0 Å². The Morgan fingerprint density at radius 1 is 0.847 bits per heavy atom. The van der Waals surface area contributed by atoms with Crippen molar-refractivity contribution in [3.05, 3.63) is 93.8 Å². The zero-order valence-corrected chi connectivity index (χ0v) is 34.6. The van der Waals surface area contributed by atoms with Crippen molar-refractivity contribution < 1.29 is 31.8 Å². The third kappa shape index (κ3) is 8.31. The number of methoxy groups -OCH3 is 2. The van der Waals surface area contributed by atoms with Crippen molar-refractivity contribution in [1.29, 1.82) is 0 Å². The third-order valence-electron chi connectivity index (χ3n) is 12.2. The number of aryl methyl sites for hydroxylation is 1. The van der Waals surface area contributed by atoms with Crippen LogP contribution in [0.4, 0.5) is 29.2 Å². The molecular weight excluding hydrogens is 786 g/mol. The Bertz CT molecular complexity index is 2250. The van der Waals surface area contributed by atoms with Gasteiger partial charge in [-0.3, -0.25) is 4.90 Å². The predicted octanol–water partition coefficient (Wildman–Crippen LogP) is 8.79. The van der Waals surface area contributed by atoms with Gasteiger partial charge in [0.2, 0.25) is 0 Å². The van der Waals surface area contributed by atoms with Crippen LogP contribution in [0, 0.1) is 12.7 Å². The van der Waals surface area contributed by atoms with Gasteiger partial charge in [-0.1, -0.05) is 35.9 Å². The molecule has 3 aromatic carbocycles. The van der Waals surface area contributed by atoms with Crippen LogP contribution in [-0.4, -0.2) is 97.4 Å². The summed E-state index contributed by atoms with van der Waals surface area (Å²) < 4.78 is 80.0. The average molecular weight is 834 g/mol. The van der Waals surface area contributed by atoms with Gasteiger partial charge in [-0.15, -0.1) is 0 Å². The van der Waals surface area contributed by atoms with Gasteiger partial charge < -0.3 is 28.9 Å². The highest BCUT2D eigenvalue weighted by Gasteiger charge is 2.41. The van der Waals surface area contributed by atoms with Crippen LogP contribution in [0.2, 0.25) is 5.02 Å². The minimum atomic E-state index is -4.90. The summed E-state index contributed by atoms with van der Waals surface area (Å²) in [6, 6.07) is 18.3. The lowest BCUT2D eigenvalue weighted by Gasteiger charge is -2.39. The van der Waals surface area contributed by atoms with Crippen LogP contribution in [0.3, 0.4) is 0 Å². The van der Waals surface area contributed by atoms with Crippen molar-refractivity contribution in [2.24, 2.45) is 0 Å². The van der Waals surface area contributed by atoms with E-state index in [1.165, 1.54) is 19.1 Å². The van der Waals surface area contributed by atoms with E-state index in [-0.39, 0.29) is 65.8 Å². The monoisotopic (exact) mass is 833 g/mol. The van der Waals surface area contributed by atoms with E-state index in [9.17, 15) is 0 Å². The summed E-state index contributed by atoms with van der Waals surface area (Å²) in [7, 11) is 7.29. The number of anilines is 2. The Kier molecular flexibility index (Phi) is 11.5. The minimum Gasteiger partial charge on any atom is -0.497 e.